The summed E-state index contributed by atoms with van der Waals surface area (Å²) in [6.07, 6.45) is 0.0496. The topological polar surface area (TPSA) is 57.6 Å². The van der Waals surface area contributed by atoms with Crippen molar-refractivity contribution in [3.05, 3.63) is 35.4 Å². The first-order chi connectivity index (χ1) is 9.34. The number of carboxylic acid groups (broad SMARTS) is 1. The largest absolute Gasteiger partial charge is 0.481 e. The predicted octanol–water partition coefficient (Wildman–Crippen LogP) is 2.67. The van der Waals surface area contributed by atoms with Crippen molar-refractivity contribution in [1.29, 1.82) is 0 Å². The first-order valence-corrected chi connectivity index (χ1v) is 6.92. The summed E-state index contributed by atoms with van der Waals surface area (Å²) in [5, 5.41) is 9.40. The first-order valence-electron chi connectivity index (χ1n) is 6.92. The Kier molecular flexibility index (Phi) is 3.84. The number of carbonyl (C=O) groups excluding carboxylic acids is 1. The monoisotopic (exact) mass is 275 g/mol. The molecule has 1 heterocycles. The van der Waals surface area contributed by atoms with E-state index in [-0.39, 0.29) is 18.2 Å². The fourth-order valence-corrected chi connectivity index (χ4v) is 2.46. The van der Waals surface area contributed by atoms with Crippen LogP contribution in [0.5, 0.6) is 0 Å². The van der Waals surface area contributed by atoms with Gasteiger partial charge in [0, 0.05) is 19.5 Å². The number of carboxylic acids is 1. The third kappa shape index (κ3) is 2.55. The average Bonchev–Trinajstić information content (AvgIpc) is 2.81. The number of amides is 1. The smallest absolute Gasteiger partial charge is 0.310 e. The molecule has 1 aliphatic heterocycles. The second kappa shape index (κ2) is 5.27. The van der Waals surface area contributed by atoms with Gasteiger partial charge in [0.2, 0.25) is 5.91 Å². The normalized spacial score (nSPS) is 16.9. The third-order valence-corrected chi connectivity index (χ3v) is 4.47. The molecule has 0 radical (unpaired) electrons. The highest BCUT2D eigenvalue weighted by atomic mass is 16.4. The Labute approximate surface area is 119 Å². The molecule has 1 unspecified atom stereocenters. The molecule has 4 heteroatoms. The quantitative estimate of drug-likeness (QED) is 0.919. The van der Waals surface area contributed by atoms with Gasteiger partial charge in [-0.1, -0.05) is 38.1 Å². The van der Waals surface area contributed by atoms with E-state index in [1.165, 1.54) is 0 Å². The van der Waals surface area contributed by atoms with Gasteiger partial charge in [0.25, 0.3) is 0 Å². The Morgan fingerprint density at radius 1 is 1.25 bits per heavy atom. The highest BCUT2D eigenvalue weighted by Crippen LogP contribution is 2.33. The molecule has 1 aliphatic rings. The Morgan fingerprint density at radius 2 is 1.75 bits per heavy atom. The summed E-state index contributed by atoms with van der Waals surface area (Å²) in [6, 6.07) is 7.95. The second-order valence-electron chi connectivity index (χ2n) is 6.07. The Hall–Kier alpha value is -1.84. The standard InChI is InChI=1S/C16H21NO3/c1-11(2)16(3,15(19)20)8-14(18)17-9-12-6-4-5-7-13(12)10-17/h4-7,11H,8-10H2,1-3H3,(H,19,20). The molecule has 108 valence electrons. The van der Waals surface area contributed by atoms with Crippen LogP contribution in [0.1, 0.15) is 38.3 Å². The van der Waals surface area contributed by atoms with Gasteiger partial charge in [-0.3, -0.25) is 9.59 Å². The molecule has 0 saturated heterocycles. The summed E-state index contributed by atoms with van der Waals surface area (Å²) in [5.74, 6) is -1.08. The van der Waals surface area contributed by atoms with Gasteiger partial charge in [0.15, 0.2) is 0 Å². The van der Waals surface area contributed by atoms with Crippen LogP contribution in [0.25, 0.3) is 0 Å². The number of nitrogens with zero attached hydrogens (tertiary/aromatic N) is 1. The number of hydrogen-bond acceptors (Lipinski definition) is 2. The molecule has 0 aromatic heterocycles. The summed E-state index contributed by atoms with van der Waals surface area (Å²) < 4.78 is 0. The van der Waals surface area contributed by atoms with Crippen molar-refractivity contribution in [2.75, 3.05) is 0 Å². The van der Waals surface area contributed by atoms with Crippen LogP contribution in [-0.4, -0.2) is 21.9 Å². The molecule has 4 nitrogen and oxygen atoms in total. The van der Waals surface area contributed by atoms with Gasteiger partial charge in [-0.25, -0.2) is 0 Å². The van der Waals surface area contributed by atoms with Crippen molar-refractivity contribution in [1.82, 2.24) is 4.90 Å². The molecule has 0 saturated carbocycles. The van der Waals surface area contributed by atoms with Gasteiger partial charge in [-0.15, -0.1) is 0 Å². The minimum atomic E-state index is -1.01. The van der Waals surface area contributed by atoms with Crippen LogP contribution in [0.4, 0.5) is 0 Å². The zero-order chi connectivity index (χ0) is 14.9. The molecule has 2 rings (SSSR count). The molecule has 1 aromatic carbocycles. The van der Waals surface area contributed by atoms with E-state index < -0.39 is 11.4 Å². The van der Waals surface area contributed by atoms with Gasteiger partial charge in [-0.2, -0.15) is 0 Å². The van der Waals surface area contributed by atoms with Crippen LogP contribution < -0.4 is 0 Å². The number of fused-ring (bicyclic) bond motifs is 1. The summed E-state index contributed by atoms with van der Waals surface area (Å²) in [7, 11) is 0. The number of aliphatic carboxylic acids is 1. The Bertz CT molecular complexity index is 513. The molecule has 1 atom stereocenters. The van der Waals surface area contributed by atoms with Gasteiger partial charge < -0.3 is 10.0 Å². The zero-order valence-corrected chi connectivity index (χ0v) is 12.2. The van der Waals surface area contributed by atoms with Crippen molar-refractivity contribution in [2.45, 2.75) is 40.3 Å². The van der Waals surface area contributed by atoms with Crippen molar-refractivity contribution in [3.8, 4) is 0 Å². The lowest BCUT2D eigenvalue weighted by atomic mass is 9.76. The lowest BCUT2D eigenvalue weighted by molar-refractivity contribution is -0.155. The van der Waals surface area contributed by atoms with E-state index in [1.54, 1.807) is 11.8 Å². The van der Waals surface area contributed by atoms with E-state index in [9.17, 15) is 14.7 Å². The highest BCUT2D eigenvalue weighted by Gasteiger charge is 2.40. The average molecular weight is 275 g/mol. The summed E-state index contributed by atoms with van der Waals surface area (Å²) in [6.45, 7) is 6.52. The van der Waals surface area contributed by atoms with Crippen LogP contribution in [0.2, 0.25) is 0 Å². The number of carbonyl (C=O) groups is 2. The number of benzene rings is 1. The molecule has 1 N–H and O–H groups in total. The Balaban J connectivity index is 2.09. The van der Waals surface area contributed by atoms with Gasteiger partial charge in [-0.05, 0) is 24.0 Å². The summed E-state index contributed by atoms with van der Waals surface area (Å²) in [4.78, 5) is 25.6. The van der Waals surface area contributed by atoms with Crippen LogP contribution in [0.3, 0.4) is 0 Å². The van der Waals surface area contributed by atoms with Crippen molar-refractivity contribution < 1.29 is 14.7 Å². The molecule has 0 spiro atoms. The fourth-order valence-electron chi connectivity index (χ4n) is 2.46. The van der Waals surface area contributed by atoms with Crippen molar-refractivity contribution >= 4 is 11.9 Å². The van der Waals surface area contributed by atoms with E-state index in [4.69, 9.17) is 0 Å². The van der Waals surface area contributed by atoms with Gasteiger partial charge in [0.05, 0.1) is 5.41 Å². The fraction of sp³-hybridized carbons (Fsp3) is 0.500. The molecule has 1 aromatic rings. The second-order valence-corrected chi connectivity index (χ2v) is 6.07. The van der Waals surface area contributed by atoms with Crippen LogP contribution in [-0.2, 0) is 22.7 Å². The molecular weight excluding hydrogens is 254 g/mol. The van der Waals surface area contributed by atoms with Crippen molar-refractivity contribution in [3.63, 3.8) is 0 Å². The lowest BCUT2D eigenvalue weighted by Crippen LogP contribution is -2.39. The molecule has 0 aliphatic carbocycles. The third-order valence-electron chi connectivity index (χ3n) is 4.47. The van der Waals surface area contributed by atoms with E-state index in [0.717, 1.165) is 11.1 Å². The minimum absolute atomic E-state index is 0.0496. The maximum absolute atomic E-state index is 12.4. The SMILES string of the molecule is CC(C)C(C)(CC(=O)N1Cc2ccccc2C1)C(=O)O. The van der Waals surface area contributed by atoms with E-state index in [2.05, 4.69) is 0 Å². The minimum Gasteiger partial charge on any atom is -0.481 e. The molecule has 1 amide bonds. The van der Waals surface area contributed by atoms with E-state index in [0.29, 0.717) is 13.1 Å². The lowest BCUT2D eigenvalue weighted by Gasteiger charge is -2.30. The number of hydrogen-bond donors (Lipinski definition) is 1. The van der Waals surface area contributed by atoms with Crippen LogP contribution in [0.15, 0.2) is 24.3 Å². The maximum Gasteiger partial charge on any atom is 0.310 e. The van der Waals surface area contributed by atoms with Crippen molar-refractivity contribution in [2.24, 2.45) is 11.3 Å². The van der Waals surface area contributed by atoms with Gasteiger partial charge >= 0.3 is 5.97 Å². The molecule has 0 fully saturated rings. The van der Waals surface area contributed by atoms with E-state index >= 15 is 0 Å². The number of rotatable bonds is 4. The Morgan fingerprint density at radius 3 is 2.15 bits per heavy atom. The first kappa shape index (κ1) is 14.6. The van der Waals surface area contributed by atoms with Gasteiger partial charge in [0.1, 0.15) is 0 Å². The maximum atomic E-state index is 12.4. The summed E-state index contributed by atoms with van der Waals surface area (Å²) >= 11 is 0. The molecular formula is C16H21NO3. The molecule has 20 heavy (non-hydrogen) atoms. The zero-order valence-electron chi connectivity index (χ0n) is 12.2. The predicted molar refractivity (Wildman–Crippen MR) is 75.9 cm³/mol. The summed E-state index contributed by atoms with van der Waals surface area (Å²) in [5.41, 5.74) is 1.30. The van der Waals surface area contributed by atoms with Crippen LogP contribution in [0, 0.1) is 11.3 Å². The van der Waals surface area contributed by atoms with Crippen LogP contribution >= 0.6 is 0 Å². The van der Waals surface area contributed by atoms with E-state index in [1.807, 2.05) is 38.1 Å². The highest BCUT2D eigenvalue weighted by molar-refractivity contribution is 5.85. The molecule has 0 bridgehead atoms.